The zero-order chi connectivity index (χ0) is 27.7. The van der Waals surface area contributed by atoms with Gasteiger partial charge in [0.25, 0.3) is 0 Å². The van der Waals surface area contributed by atoms with Crippen LogP contribution in [0.5, 0.6) is 0 Å². The minimum atomic E-state index is -0.447. The van der Waals surface area contributed by atoms with Gasteiger partial charge in [0.1, 0.15) is 13.2 Å². The molecule has 4 nitrogen and oxygen atoms in total. The summed E-state index contributed by atoms with van der Waals surface area (Å²) in [6.07, 6.45) is 5.67. The summed E-state index contributed by atoms with van der Waals surface area (Å²) in [4.78, 5) is 24.7. The van der Waals surface area contributed by atoms with Crippen molar-refractivity contribution in [2.24, 2.45) is 10.8 Å². The van der Waals surface area contributed by atoms with Gasteiger partial charge >= 0.3 is 11.9 Å². The average Bonchev–Trinajstić information content (AvgIpc) is 2.90. The second-order valence-electron chi connectivity index (χ2n) is 11.2. The van der Waals surface area contributed by atoms with Crippen LogP contribution in [0.3, 0.4) is 0 Å². The van der Waals surface area contributed by atoms with Crippen molar-refractivity contribution in [2.75, 3.05) is 23.0 Å². The zero-order valence-electron chi connectivity index (χ0n) is 23.7. The fraction of sp³-hybridized carbons (Fsp3) is 0.562. The van der Waals surface area contributed by atoms with E-state index in [4.69, 9.17) is 9.47 Å². The molecule has 0 N–H and O–H groups in total. The van der Waals surface area contributed by atoms with E-state index in [-0.39, 0.29) is 17.4 Å². The van der Waals surface area contributed by atoms with Gasteiger partial charge in [-0.3, -0.25) is 9.59 Å². The molecule has 210 valence electrons. The first-order valence-corrected chi connectivity index (χ1v) is 16.1. The van der Waals surface area contributed by atoms with Gasteiger partial charge in [0, 0.05) is 0 Å². The summed E-state index contributed by atoms with van der Waals surface area (Å²) in [7, 11) is 0. The third kappa shape index (κ3) is 14.3. The van der Waals surface area contributed by atoms with E-state index in [1.54, 1.807) is 0 Å². The Morgan fingerprint density at radius 3 is 1.68 bits per heavy atom. The molecule has 0 saturated heterocycles. The monoisotopic (exact) mass is 558 g/mol. The van der Waals surface area contributed by atoms with E-state index < -0.39 is 5.41 Å². The van der Waals surface area contributed by atoms with Crippen molar-refractivity contribution in [3.05, 3.63) is 71.8 Å². The smallest absolute Gasteiger partial charge is 0.311 e. The lowest BCUT2D eigenvalue weighted by Gasteiger charge is -2.23. The Morgan fingerprint density at radius 2 is 1.13 bits per heavy atom. The molecule has 0 radical (unpaired) electrons. The maximum absolute atomic E-state index is 12.5. The first-order valence-electron chi connectivity index (χ1n) is 13.7. The van der Waals surface area contributed by atoms with E-state index in [1.165, 1.54) is 12.2 Å². The number of carbonyl (C=O) groups excluding carboxylic acids is 2. The number of ether oxygens (including phenoxy) is 2. The van der Waals surface area contributed by atoms with E-state index in [1.807, 2.05) is 98.0 Å². The third-order valence-electron chi connectivity index (χ3n) is 6.44. The molecule has 0 aromatic heterocycles. The van der Waals surface area contributed by atoms with Crippen LogP contribution >= 0.6 is 23.5 Å². The largest absolute Gasteiger partial charge is 0.461 e. The van der Waals surface area contributed by atoms with Gasteiger partial charge in [-0.2, -0.15) is 23.5 Å². The average molecular weight is 559 g/mol. The molecule has 0 unspecified atom stereocenters. The van der Waals surface area contributed by atoms with Crippen LogP contribution in [0, 0.1) is 10.8 Å². The van der Waals surface area contributed by atoms with Crippen LogP contribution in [0.2, 0.25) is 0 Å². The molecular formula is C32H46O4S2. The number of hydrogen-bond donors (Lipinski definition) is 0. The van der Waals surface area contributed by atoms with Gasteiger partial charge in [0.15, 0.2) is 0 Å². The van der Waals surface area contributed by atoms with Crippen molar-refractivity contribution in [3.63, 3.8) is 0 Å². The number of rotatable bonds is 19. The first kappa shape index (κ1) is 32.3. The van der Waals surface area contributed by atoms with Crippen molar-refractivity contribution < 1.29 is 19.1 Å². The lowest BCUT2D eigenvalue weighted by atomic mass is 9.85. The van der Waals surface area contributed by atoms with Crippen molar-refractivity contribution in [2.45, 2.75) is 79.4 Å². The Morgan fingerprint density at radius 1 is 0.658 bits per heavy atom. The highest BCUT2D eigenvalue weighted by atomic mass is 32.2. The molecule has 2 aromatic rings. The van der Waals surface area contributed by atoms with Gasteiger partial charge in [-0.15, -0.1) is 0 Å². The van der Waals surface area contributed by atoms with Crippen LogP contribution in [0.15, 0.2) is 60.7 Å². The minimum Gasteiger partial charge on any atom is -0.461 e. The standard InChI is InChI=1S/C32H46O4S2/c1-31(2,24-29(33)35-25-27-14-7-5-8-15-27)18-11-20-37-22-13-23-38-21-12-19-32(3,4)30(34)36-26-28-16-9-6-10-17-28/h5-10,14-17H,11-13,18-26H2,1-4H3. The molecule has 0 fully saturated rings. The Hall–Kier alpha value is -1.92. The van der Waals surface area contributed by atoms with Gasteiger partial charge < -0.3 is 9.47 Å². The molecule has 0 aliphatic heterocycles. The molecule has 0 bridgehead atoms. The number of esters is 2. The quantitative estimate of drug-likeness (QED) is 0.128. The molecule has 0 spiro atoms. The van der Waals surface area contributed by atoms with Gasteiger partial charge in [0.2, 0.25) is 0 Å². The van der Waals surface area contributed by atoms with Crippen molar-refractivity contribution in [1.82, 2.24) is 0 Å². The maximum Gasteiger partial charge on any atom is 0.311 e. The van der Waals surface area contributed by atoms with E-state index in [0.29, 0.717) is 19.6 Å². The van der Waals surface area contributed by atoms with Crippen LogP contribution in [-0.4, -0.2) is 35.0 Å². The molecule has 38 heavy (non-hydrogen) atoms. The predicted octanol–water partition coefficient (Wildman–Crippen LogP) is 8.33. The van der Waals surface area contributed by atoms with Crippen molar-refractivity contribution in [1.29, 1.82) is 0 Å². The van der Waals surface area contributed by atoms with Crippen LogP contribution in [0.1, 0.15) is 77.3 Å². The van der Waals surface area contributed by atoms with E-state index in [0.717, 1.165) is 54.1 Å². The summed E-state index contributed by atoms with van der Waals surface area (Å²) in [5.74, 6) is 4.31. The highest BCUT2D eigenvalue weighted by molar-refractivity contribution is 8.00. The van der Waals surface area contributed by atoms with Crippen molar-refractivity contribution >= 4 is 35.5 Å². The Balaban J connectivity index is 1.43. The summed E-state index contributed by atoms with van der Waals surface area (Å²) in [5.41, 5.74) is 1.56. The van der Waals surface area contributed by atoms with Crippen LogP contribution in [-0.2, 0) is 32.3 Å². The number of carbonyl (C=O) groups is 2. The molecule has 0 amide bonds. The van der Waals surface area contributed by atoms with Crippen LogP contribution < -0.4 is 0 Å². The fourth-order valence-electron chi connectivity index (χ4n) is 4.02. The lowest BCUT2D eigenvalue weighted by Crippen LogP contribution is -2.26. The molecule has 6 heteroatoms. The van der Waals surface area contributed by atoms with Crippen molar-refractivity contribution in [3.8, 4) is 0 Å². The predicted molar refractivity (Wildman–Crippen MR) is 162 cm³/mol. The van der Waals surface area contributed by atoms with E-state index >= 15 is 0 Å². The Bertz CT molecular complexity index is 929. The summed E-state index contributed by atoms with van der Waals surface area (Å²) in [5, 5.41) is 0. The second-order valence-corrected chi connectivity index (χ2v) is 13.7. The SMILES string of the molecule is CC(C)(CCCSCCCSCCCC(C)(C)C(=O)OCc1ccccc1)CC(=O)OCc1ccccc1. The normalized spacial score (nSPS) is 11.8. The lowest BCUT2D eigenvalue weighted by molar-refractivity contribution is -0.155. The Kier molecular flexibility index (Phi) is 15.0. The maximum atomic E-state index is 12.5. The van der Waals surface area contributed by atoms with Gasteiger partial charge in [0.05, 0.1) is 11.8 Å². The topological polar surface area (TPSA) is 52.6 Å². The molecule has 0 heterocycles. The molecular weight excluding hydrogens is 512 g/mol. The second kappa shape index (κ2) is 17.6. The van der Waals surface area contributed by atoms with Gasteiger partial charge in [-0.1, -0.05) is 74.5 Å². The molecule has 0 aliphatic carbocycles. The first-order chi connectivity index (χ1) is 18.2. The summed E-state index contributed by atoms with van der Waals surface area (Å²) in [6, 6.07) is 19.7. The van der Waals surface area contributed by atoms with Crippen LogP contribution in [0.4, 0.5) is 0 Å². The number of hydrogen-bond acceptors (Lipinski definition) is 6. The summed E-state index contributed by atoms with van der Waals surface area (Å²) >= 11 is 3.98. The highest BCUT2D eigenvalue weighted by Gasteiger charge is 2.28. The molecule has 2 rings (SSSR count). The van der Waals surface area contributed by atoms with E-state index in [2.05, 4.69) is 13.8 Å². The Labute approximate surface area is 239 Å². The molecule has 2 aromatic carbocycles. The summed E-state index contributed by atoms with van der Waals surface area (Å²) in [6.45, 7) is 8.97. The molecule has 0 saturated carbocycles. The van der Waals surface area contributed by atoms with Gasteiger partial charge in [-0.25, -0.2) is 0 Å². The van der Waals surface area contributed by atoms with E-state index in [9.17, 15) is 9.59 Å². The van der Waals surface area contributed by atoms with Crippen LogP contribution in [0.25, 0.3) is 0 Å². The molecule has 0 atom stereocenters. The number of thioether (sulfide) groups is 2. The number of benzene rings is 2. The minimum absolute atomic E-state index is 0.0358. The third-order valence-corrected chi connectivity index (χ3v) is 8.75. The highest BCUT2D eigenvalue weighted by Crippen LogP contribution is 2.29. The summed E-state index contributed by atoms with van der Waals surface area (Å²) < 4.78 is 11.0. The van der Waals surface area contributed by atoms with Gasteiger partial charge in [-0.05, 0) is 85.5 Å². The fourth-order valence-corrected chi connectivity index (χ4v) is 6.01. The zero-order valence-corrected chi connectivity index (χ0v) is 25.3. The molecule has 0 aliphatic rings.